The summed E-state index contributed by atoms with van der Waals surface area (Å²) in [4.78, 5) is 10.7. The zero-order chi connectivity index (χ0) is 11.4. The molecule has 86 valence electrons. The Kier molecular flexibility index (Phi) is 3.90. The number of nitroso groups, excluding NO2 is 1. The molecular weight excluding hydrogens is 272 g/mol. The summed E-state index contributed by atoms with van der Waals surface area (Å²) in [6.07, 6.45) is 1.93. The van der Waals surface area contributed by atoms with Crippen LogP contribution in [-0.4, -0.2) is 19.3 Å². The molecule has 1 aliphatic rings. The number of nitrogens with one attached hydrogen (secondary N) is 1. The third-order valence-electron chi connectivity index (χ3n) is 2.64. The van der Waals surface area contributed by atoms with E-state index in [-0.39, 0.29) is 0 Å². The zero-order valence-corrected chi connectivity index (χ0v) is 10.4. The molecule has 1 saturated heterocycles. The number of ether oxygens (including phenoxy) is 1. The zero-order valence-electron chi connectivity index (χ0n) is 8.78. The van der Waals surface area contributed by atoms with E-state index in [0.29, 0.717) is 11.7 Å². The van der Waals surface area contributed by atoms with E-state index in [2.05, 4.69) is 26.4 Å². The number of halogens is 1. The Balaban J connectivity index is 2.12. The van der Waals surface area contributed by atoms with Gasteiger partial charge in [0, 0.05) is 23.7 Å². The number of hydrogen-bond acceptors (Lipinski definition) is 4. The Morgan fingerprint density at radius 2 is 2.12 bits per heavy atom. The molecule has 0 spiro atoms. The van der Waals surface area contributed by atoms with Gasteiger partial charge < -0.3 is 10.1 Å². The lowest BCUT2D eigenvalue weighted by Crippen LogP contribution is -2.27. The van der Waals surface area contributed by atoms with Crippen molar-refractivity contribution in [2.45, 2.75) is 18.9 Å². The van der Waals surface area contributed by atoms with Gasteiger partial charge in [0.1, 0.15) is 5.69 Å². The molecule has 5 heteroatoms. The fourth-order valence-corrected chi connectivity index (χ4v) is 2.13. The van der Waals surface area contributed by atoms with Gasteiger partial charge in [-0.3, -0.25) is 0 Å². The molecule has 2 rings (SSSR count). The van der Waals surface area contributed by atoms with Gasteiger partial charge in [-0.2, -0.15) is 0 Å². The number of nitrogens with zero attached hydrogens (tertiary/aromatic N) is 1. The first-order valence-electron chi connectivity index (χ1n) is 5.27. The van der Waals surface area contributed by atoms with Gasteiger partial charge in [0.2, 0.25) is 0 Å². The van der Waals surface area contributed by atoms with E-state index in [9.17, 15) is 4.91 Å². The SMILES string of the molecule is O=Nc1ccc(Br)cc1NC1CCOCC1. The molecule has 0 bridgehead atoms. The second kappa shape index (κ2) is 5.41. The first kappa shape index (κ1) is 11.5. The topological polar surface area (TPSA) is 50.7 Å². The molecule has 0 saturated carbocycles. The molecule has 0 unspecified atom stereocenters. The van der Waals surface area contributed by atoms with Crippen molar-refractivity contribution in [1.29, 1.82) is 0 Å². The third-order valence-corrected chi connectivity index (χ3v) is 3.13. The summed E-state index contributed by atoms with van der Waals surface area (Å²) in [6.45, 7) is 1.55. The van der Waals surface area contributed by atoms with Crippen LogP contribution in [-0.2, 0) is 4.74 Å². The van der Waals surface area contributed by atoms with Gasteiger partial charge in [0.05, 0.1) is 5.69 Å². The first-order chi connectivity index (χ1) is 7.79. The van der Waals surface area contributed by atoms with Crippen molar-refractivity contribution < 1.29 is 4.74 Å². The average molecular weight is 285 g/mol. The van der Waals surface area contributed by atoms with E-state index >= 15 is 0 Å². The maximum absolute atomic E-state index is 10.7. The quantitative estimate of drug-likeness (QED) is 0.865. The Morgan fingerprint density at radius 1 is 1.38 bits per heavy atom. The van der Waals surface area contributed by atoms with Crippen molar-refractivity contribution in [3.63, 3.8) is 0 Å². The average Bonchev–Trinajstić information content (AvgIpc) is 2.31. The maximum Gasteiger partial charge on any atom is 0.131 e. The van der Waals surface area contributed by atoms with Gasteiger partial charge in [0.15, 0.2) is 0 Å². The molecule has 1 aliphatic heterocycles. The van der Waals surface area contributed by atoms with Crippen molar-refractivity contribution in [2.24, 2.45) is 5.18 Å². The molecule has 0 aliphatic carbocycles. The van der Waals surface area contributed by atoms with Crippen LogP contribution < -0.4 is 5.32 Å². The van der Waals surface area contributed by atoms with Gasteiger partial charge in [-0.05, 0) is 36.2 Å². The van der Waals surface area contributed by atoms with Crippen molar-refractivity contribution in [2.75, 3.05) is 18.5 Å². The second-order valence-electron chi connectivity index (χ2n) is 3.78. The van der Waals surface area contributed by atoms with Crippen LogP contribution in [0.5, 0.6) is 0 Å². The highest BCUT2D eigenvalue weighted by atomic mass is 79.9. The van der Waals surface area contributed by atoms with Gasteiger partial charge in [-0.25, -0.2) is 0 Å². The van der Waals surface area contributed by atoms with Crippen LogP contribution >= 0.6 is 15.9 Å². The Bertz CT molecular complexity index is 378. The lowest BCUT2D eigenvalue weighted by molar-refractivity contribution is 0.0904. The number of anilines is 1. The highest BCUT2D eigenvalue weighted by Crippen LogP contribution is 2.29. The van der Waals surface area contributed by atoms with Crippen LogP contribution in [0.3, 0.4) is 0 Å². The number of rotatable bonds is 3. The molecule has 1 aromatic rings. The predicted molar refractivity (Wildman–Crippen MR) is 67.1 cm³/mol. The third kappa shape index (κ3) is 2.80. The molecule has 1 fully saturated rings. The fourth-order valence-electron chi connectivity index (χ4n) is 1.77. The van der Waals surface area contributed by atoms with E-state index in [1.54, 1.807) is 6.07 Å². The van der Waals surface area contributed by atoms with E-state index in [0.717, 1.165) is 36.2 Å². The van der Waals surface area contributed by atoms with E-state index < -0.39 is 0 Å². The first-order valence-corrected chi connectivity index (χ1v) is 6.06. The van der Waals surface area contributed by atoms with Crippen molar-refractivity contribution >= 4 is 27.3 Å². The molecule has 16 heavy (non-hydrogen) atoms. The lowest BCUT2D eigenvalue weighted by atomic mass is 10.1. The van der Waals surface area contributed by atoms with Gasteiger partial charge in [-0.15, -0.1) is 4.91 Å². The normalized spacial score (nSPS) is 17.1. The molecule has 0 aromatic heterocycles. The van der Waals surface area contributed by atoms with Gasteiger partial charge in [0.25, 0.3) is 0 Å². The monoisotopic (exact) mass is 284 g/mol. The van der Waals surface area contributed by atoms with Crippen LogP contribution in [0.4, 0.5) is 11.4 Å². The Hall–Kier alpha value is -0.940. The minimum Gasteiger partial charge on any atom is -0.381 e. The van der Waals surface area contributed by atoms with E-state index in [1.807, 2.05) is 12.1 Å². The van der Waals surface area contributed by atoms with Crippen molar-refractivity contribution in [1.82, 2.24) is 0 Å². The molecule has 0 amide bonds. The lowest BCUT2D eigenvalue weighted by Gasteiger charge is -2.24. The standard InChI is InChI=1S/C11H13BrN2O2/c12-8-1-2-10(14-15)11(7-8)13-9-3-5-16-6-4-9/h1-2,7,9,13H,3-6H2. The highest BCUT2D eigenvalue weighted by molar-refractivity contribution is 9.10. The molecule has 4 nitrogen and oxygen atoms in total. The summed E-state index contributed by atoms with van der Waals surface area (Å²) in [5, 5.41) is 6.35. The van der Waals surface area contributed by atoms with Crippen molar-refractivity contribution in [3.8, 4) is 0 Å². The molecule has 1 N–H and O–H groups in total. The fraction of sp³-hybridized carbons (Fsp3) is 0.455. The predicted octanol–water partition coefficient (Wildman–Crippen LogP) is 3.44. The molecule has 1 aromatic carbocycles. The smallest absolute Gasteiger partial charge is 0.131 e. The number of benzene rings is 1. The van der Waals surface area contributed by atoms with Crippen LogP contribution in [0.15, 0.2) is 27.8 Å². The number of hydrogen-bond donors (Lipinski definition) is 1. The van der Waals surface area contributed by atoms with Gasteiger partial charge in [-0.1, -0.05) is 15.9 Å². The maximum atomic E-state index is 10.7. The van der Waals surface area contributed by atoms with Crippen LogP contribution in [0.25, 0.3) is 0 Å². The molecule has 0 atom stereocenters. The summed E-state index contributed by atoms with van der Waals surface area (Å²) >= 11 is 3.38. The molecule has 0 radical (unpaired) electrons. The largest absolute Gasteiger partial charge is 0.381 e. The van der Waals surface area contributed by atoms with Crippen molar-refractivity contribution in [3.05, 3.63) is 27.6 Å². The van der Waals surface area contributed by atoms with E-state index in [4.69, 9.17) is 4.74 Å². The van der Waals surface area contributed by atoms with Gasteiger partial charge >= 0.3 is 0 Å². The summed E-state index contributed by atoms with van der Waals surface area (Å²) < 4.78 is 6.22. The van der Waals surface area contributed by atoms with Crippen LogP contribution in [0.2, 0.25) is 0 Å². The Labute approximate surface area is 102 Å². The van der Waals surface area contributed by atoms with E-state index in [1.165, 1.54) is 0 Å². The summed E-state index contributed by atoms with van der Waals surface area (Å²) in [5.41, 5.74) is 1.24. The summed E-state index contributed by atoms with van der Waals surface area (Å²) in [6, 6.07) is 5.76. The second-order valence-corrected chi connectivity index (χ2v) is 4.70. The Morgan fingerprint density at radius 3 is 2.81 bits per heavy atom. The summed E-state index contributed by atoms with van der Waals surface area (Å²) in [7, 11) is 0. The minimum atomic E-state index is 0.364. The van der Waals surface area contributed by atoms with Crippen LogP contribution in [0, 0.1) is 4.91 Å². The molecule has 1 heterocycles. The van der Waals surface area contributed by atoms with Crippen LogP contribution in [0.1, 0.15) is 12.8 Å². The minimum absolute atomic E-state index is 0.364. The summed E-state index contributed by atoms with van der Waals surface area (Å²) in [5.74, 6) is 0. The highest BCUT2D eigenvalue weighted by Gasteiger charge is 2.15. The molecular formula is C11H13BrN2O2.